The van der Waals surface area contributed by atoms with Gasteiger partial charge in [-0.25, -0.2) is 9.97 Å². The fourth-order valence-corrected chi connectivity index (χ4v) is 3.13. The molecular weight excluding hydrogens is 376 g/mol. The van der Waals surface area contributed by atoms with Crippen LogP contribution in [0, 0.1) is 0 Å². The van der Waals surface area contributed by atoms with Crippen LogP contribution in [0.5, 0.6) is 0 Å². The number of carbonyl (C=O) groups is 1. The molecule has 0 radical (unpaired) electrons. The van der Waals surface area contributed by atoms with Gasteiger partial charge in [0.05, 0.1) is 12.7 Å². The summed E-state index contributed by atoms with van der Waals surface area (Å²) in [4.78, 5) is 22.9. The molecule has 2 aromatic carbocycles. The van der Waals surface area contributed by atoms with E-state index in [9.17, 15) is 4.79 Å². The third kappa shape index (κ3) is 4.88. The third-order valence-corrected chi connectivity index (χ3v) is 4.57. The van der Waals surface area contributed by atoms with Gasteiger partial charge < -0.3 is 10.2 Å². The molecule has 0 saturated heterocycles. The van der Waals surface area contributed by atoms with Crippen LogP contribution in [-0.2, 0) is 13.1 Å². The van der Waals surface area contributed by atoms with Gasteiger partial charge in [0.1, 0.15) is 0 Å². The van der Waals surface area contributed by atoms with Gasteiger partial charge in [-0.1, -0.05) is 36.4 Å². The highest BCUT2D eigenvalue weighted by Crippen LogP contribution is 2.16. The van der Waals surface area contributed by atoms with Gasteiger partial charge in [0, 0.05) is 49.0 Å². The van der Waals surface area contributed by atoms with E-state index in [1.54, 1.807) is 48.7 Å². The summed E-state index contributed by atoms with van der Waals surface area (Å²) in [5.41, 5.74) is 3.52. The highest BCUT2D eigenvalue weighted by Gasteiger charge is 2.14. The number of nitrogens with one attached hydrogen (secondary N) is 1. The molecular formula is C23H22N6O. The molecule has 1 amide bonds. The predicted octanol–water partition coefficient (Wildman–Crippen LogP) is 3.74. The maximum absolute atomic E-state index is 12.9. The fourth-order valence-electron chi connectivity index (χ4n) is 3.13. The lowest BCUT2D eigenvalue weighted by Crippen LogP contribution is -2.26. The number of carbonyl (C=O) groups excluding carboxylic acids is 1. The van der Waals surface area contributed by atoms with E-state index >= 15 is 0 Å². The molecule has 0 saturated carbocycles. The Bertz CT molecular complexity index is 1110. The number of hydrogen-bond donors (Lipinski definition) is 1. The predicted molar refractivity (Wildman–Crippen MR) is 115 cm³/mol. The van der Waals surface area contributed by atoms with Crippen LogP contribution in [-0.4, -0.2) is 37.6 Å². The fraction of sp³-hybridized carbons (Fsp3) is 0.130. The Balaban J connectivity index is 1.40. The summed E-state index contributed by atoms with van der Waals surface area (Å²) in [5.74, 6) is 0.421. The van der Waals surface area contributed by atoms with Gasteiger partial charge in [-0.3, -0.25) is 9.48 Å². The first-order chi connectivity index (χ1) is 14.7. The number of benzene rings is 2. The lowest BCUT2D eigenvalue weighted by molar-refractivity contribution is 0.0785. The molecule has 0 spiro atoms. The first kappa shape index (κ1) is 19.3. The van der Waals surface area contributed by atoms with E-state index in [4.69, 9.17) is 0 Å². The van der Waals surface area contributed by atoms with Crippen molar-refractivity contribution in [3.05, 3.63) is 102 Å². The van der Waals surface area contributed by atoms with E-state index in [2.05, 4.69) is 32.5 Å². The lowest BCUT2D eigenvalue weighted by Gasteiger charge is -2.17. The van der Waals surface area contributed by atoms with Crippen molar-refractivity contribution in [3.8, 4) is 0 Å². The smallest absolute Gasteiger partial charge is 0.253 e. The highest BCUT2D eigenvalue weighted by molar-refractivity contribution is 5.95. The van der Waals surface area contributed by atoms with Crippen LogP contribution in [0.4, 0.5) is 11.6 Å². The van der Waals surface area contributed by atoms with E-state index in [1.165, 1.54) is 5.56 Å². The van der Waals surface area contributed by atoms with Crippen molar-refractivity contribution in [2.24, 2.45) is 0 Å². The first-order valence-corrected chi connectivity index (χ1v) is 9.62. The zero-order valence-corrected chi connectivity index (χ0v) is 16.6. The van der Waals surface area contributed by atoms with Gasteiger partial charge in [0.2, 0.25) is 5.95 Å². The molecule has 2 heterocycles. The molecule has 0 atom stereocenters. The molecule has 0 aliphatic rings. The maximum Gasteiger partial charge on any atom is 0.253 e. The van der Waals surface area contributed by atoms with Gasteiger partial charge in [-0.2, -0.15) is 5.10 Å². The van der Waals surface area contributed by atoms with E-state index in [0.29, 0.717) is 24.6 Å². The summed E-state index contributed by atoms with van der Waals surface area (Å²) in [5, 5.41) is 7.52. The van der Waals surface area contributed by atoms with Crippen molar-refractivity contribution in [3.63, 3.8) is 0 Å². The third-order valence-electron chi connectivity index (χ3n) is 4.57. The molecule has 1 N–H and O–H groups in total. The van der Waals surface area contributed by atoms with Crippen LogP contribution in [0.1, 0.15) is 21.5 Å². The van der Waals surface area contributed by atoms with Gasteiger partial charge in [-0.05, 0) is 29.8 Å². The van der Waals surface area contributed by atoms with Crippen molar-refractivity contribution < 1.29 is 4.79 Å². The summed E-state index contributed by atoms with van der Waals surface area (Å²) in [6.45, 7) is 1.18. The Labute approximate surface area is 175 Å². The Kier molecular flexibility index (Phi) is 5.80. The van der Waals surface area contributed by atoms with E-state index in [-0.39, 0.29) is 5.91 Å². The van der Waals surface area contributed by atoms with Crippen LogP contribution in [0.25, 0.3) is 0 Å². The Morgan fingerprint density at radius 1 is 1.00 bits per heavy atom. The average Bonchev–Trinajstić information content (AvgIpc) is 3.21. The molecule has 0 aliphatic carbocycles. The second-order valence-electron chi connectivity index (χ2n) is 6.97. The van der Waals surface area contributed by atoms with Gasteiger partial charge >= 0.3 is 0 Å². The Morgan fingerprint density at radius 3 is 2.60 bits per heavy atom. The molecule has 2 aromatic heterocycles. The minimum Gasteiger partial charge on any atom is -0.337 e. The average molecular weight is 398 g/mol. The Hall–Kier alpha value is -4.00. The van der Waals surface area contributed by atoms with E-state index in [1.807, 2.05) is 41.2 Å². The number of anilines is 2. The van der Waals surface area contributed by atoms with Crippen LogP contribution in [0.3, 0.4) is 0 Å². The van der Waals surface area contributed by atoms with Crippen molar-refractivity contribution in [1.82, 2.24) is 24.6 Å². The van der Waals surface area contributed by atoms with Gasteiger partial charge in [0.25, 0.3) is 5.91 Å². The molecule has 0 fully saturated rings. The number of aromatic nitrogens is 4. The molecule has 4 rings (SSSR count). The number of hydrogen-bond acceptors (Lipinski definition) is 5. The van der Waals surface area contributed by atoms with E-state index in [0.717, 1.165) is 11.3 Å². The topological polar surface area (TPSA) is 75.9 Å². The summed E-state index contributed by atoms with van der Waals surface area (Å²) < 4.78 is 1.88. The maximum atomic E-state index is 12.9. The number of nitrogens with zero attached hydrogens (tertiary/aromatic N) is 5. The zero-order chi connectivity index (χ0) is 20.8. The first-order valence-electron chi connectivity index (χ1n) is 9.62. The summed E-state index contributed by atoms with van der Waals surface area (Å²) in [6, 6.07) is 19.2. The van der Waals surface area contributed by atoms with Crippen LogP contribution < -0.4 is 5.32 Å². The SMILES string of the molecule is CN(Cc1cnn(Cc2ccccc2)c1)C(=O)c1cccc(Nc2ncccn2)c1. The normalized spacial score (nSPS) is 10.6. The van der Waals surface area contributed by atoms with Crippen molar-refractivity contribution in [1.29, 1.82) is 0 Å². The van der Waals surface area contributed by atoms with Crippen molar-refractivity contribution in [2.75, 3.05) is 12.4 Å². The minimum atomic E-state index is -0.0663. The molecule has 150 valence electrons. The lowest BCUT2D eigenvalue weighted by atomic mass is 10.1. The highest BCUT2D eigenvalue weighted by atomic mass is 16.2. The van der Waals surface area contributed by atoms with Gasteiger partial charge in [-0.15, -0.1) is 0 Å². The molecule has 7 heteroatoms. The Morgan fingerprint density at radius 2 is 1.80 bits per heavy atom. The van der Waals surface area contributed by atoms with Crippen LogP contribution in [0.15, 0.2) is 85.5 Å². The number of rotatable bonds is 7. The van der Waals surface area contributed by atoms with Crippen molar-refractivity contribution in [2.45, 2.75) is 13.1 Å². The summed E-state index contributed by atoms with van der Waals surface area (Å²) >= 11 is 0. The molecule has 0 bridgehead atoms. The van der Waals surface area contributed by atoms with Crippen LogP contribution >= 0.6 is 0 Å². The quantitative estimate of drug-likeness (QED) is 0.513. The molecule has 0 aliphatic heterocycles. The molecule has 4 aromatic rings. The molecule has 30 heavy (non-hydrogen) atoms. The van der Waals surface area contributed by atoms with Crippen LogP contribution in [0.2, 0.25) is 0 Å². The van der Waals surface area contributed by atoms with Gasteiger partial charge in [0.15, 0.2) is 0 Å². The minimum absolute atomic E-state index is 0.0663. The largest absolute Gasteiger partial charge is 0.337 e. The standard InChI is InChI=1S/C23H22N6O/c1-28(15-19-14-26-29(17-19)16-18-7-3-2-4-8-18)22(30)20-9-5-10-21(13-20)27-23-24-11-6-12-25-23/h2-14,17H,15-16H2,1H3,(H,24,25,27). The van der Waals surface area contributed by atoms with Crippen molar-refractivity contribution >= 4 is 17.5 Å². The second-order valence-corrected chi connectivity index (χ2v) is 6.97. The van der Waals surface area contributed by atoms with E-state index < -0.39 is 0 Å². The summed E-state index contributed by atoms with van der Waals surface area (Å²) in [7, 11) is 1.79. The number of amides is 1. The second kappa shape index (κ2) is 9.00. The summed E-state index contributed by atoms with van der Waals surface area (Å²) in [6.07, 6.45) is 7.10. The molecule has 0 unspecified atom stereocenters. The molecule has 7 nitrogen and oxygen atoms in total. The monoisotopic (exact) mass is 398 g/mol. The zero-order valence-electron chi connectivity index (χ0n) is 16.6.